The van der Waals surface area contributed by atoms with Crippen molar-refractivity contribution in [3.05, 3.63) is 47.5 Å². The lowest BCUT2D eigenvalue weighted by molar-refractivity contribution is -0.443. The Morgan fingerprint density at radius 1 is 0.353 bits per heavy atom. The van der Waals surface area contributed by atoms with Crippen LogP contribution in [0.2, 0.25) is 0 Å². The highest BCUT2D eigenvalue weighted by molar-refractivity contribution is 5.99. The monoisotopic (exact) mass is 1070 g/mol. The number of benzene rings is 2. The molecule has 2 aromatic rings. The summed E-state index contributed by atoms with van der Waals surface area (Å²) in [6.45, 7) is 1.27. The lowest BCUT2D eigenvalue weighted by atomic mass is 9.89. The minimum absolute atomic E-state index is 0.266. The Balaban J connectivity index is 2.46. The van der Waals surface area contributed by atoms with E-state index in [4.69, 9.17) is 0 Å². The molecule has 2 rings (SSSR count). The quantitative estimate of drug-likeness (QED) is 0.138. The average molecular weight is 1070 g/mol. The number of alkyl halides is 32. The van der Waals surface area contributed by atoms with Gasteiger partial charge in [0.1, 0.15) is 0 Å². The van der Waals surface area contributed by atoms with Crippen LogP contribution in [-0.2, 0) is 9.59 Å². The van der Waals surface area contributed by atoms with Crippen molar-refractivity contribution in [3.63, 3.8) is 0 Å². The first-order valence-corrected chi connectivity index (χ1v) is 16.4. The Kier molecular flexibility index (Phi) is 14.8. The summed E-state index contributed by atoms with van der Waals surface area (Å²) in [6, 6.07) is 2.69. The standard InChI is InChI=1S/C32H16F32N2O2/c1-9-7-11(3-5-13(9)65-17(67)21(41,42)25(49,50)29(57,58)31(61,62)27(53,54)23(45,46)19(37,38)15(33)34)12-4-6-14(10(2)8-12)66-18(68)22(43,44)26(51,52)30(59,60)32(63,64)28(55,56)24(47,48)20(39,40)16(35)36/h3-8,15-16H,1-2H3,(H,65,67)(H,66,68). The first-order valence-electron chi connectivity index (χ1n) is 16.4. The number of amides is 2. The number of halogens is 32. The fourth-order valence-electron chi connectivity index (χ4n) is 4.92. The molecule has 0 heterocycles. The Morgan fingerprint density at radius 3 is 0.765 bits per heavy atom. The number of hydrogen-bond acceptors (Lipinski definition) is 2. The molecular formula is C32H16F32N2O2. The van der Waals surface area contributed by atoms with Gasteiger partial charge in [-0.2, -0.15) is 123 Å². The van der Waals surface area contributed by atoms with E-state index >= 15 is 0 Å². The molecule has 0 saturated carbocycles. The van der Waals surface area contributed by atoms with Crippen molar-refractivity contribution in [2.24, 2.45) is 0 Å². The predicted octanol–water partition coefficient (Wildman–Crippen LogP) is 13.3. The lowest BCUT2D eigenvalue weighted by Crippen LogP contribution is -2.74. The van der Waals surface area contributed by atoms with Gasteiger partial charge in [0.05, 0.1) is 0 Å². The SMILES string of the molecule is Cc1cc(-c2ccc(NC(=O)C(F)(F)C(F)(F)C(F)(F)C(F)(F)C(F)(F)C(F)(F)C(F)(F)C(F)F)c(C)c2)ccc1NC(=O)C(F)(F)C(F)(F)C(F)(F)C(F)(F)C(F)(F)C(F)(F)C(F)(F)C(F)F. The fourth-order valence-corrected chi connectivity index (χ4v) is 4.92. The summed E-state index contributed by atoms with van der Waals surface area (Å²) in [4.78, 5) is 24.0. The number of rotatable bonds is 19. The van der Waals surface area contributed by atoms with Crippen LogP contribution in [0, 0.1) is 13.8 Å². The normalized spacial score (nSPS) is 15.3. The smallest absolute Gasteiger partial charge is 0.320 e. The van der Waals surface area contributed by atoms with Crippen LogP contribution >= 0.6 is 0 Å². The summed E-state index contributed by atoms with van der Waals surface area (Å²) in [5.74, 6) is -124. The maximum absolute atomic E-state index is 14.4. The fraction of sp³-hybridized carbons (Fsp3) is 0.562. The summed E-state index contributed by atoms with van der Waals surface area (Å²) in [5, 5.41) is 1.31. The van der Waals surface area contributed by atoms with E-state index in [1.54, 1.807) is 0 Å². The summed E-state index contributed by atoms with van der Waals surface area (Å²) >= 11 is 0. The van der Waals surface area contributed by atoms with Crippen molar-refractivity contribution >= 4 is 23.2 Å². The van der Waals surface area contributed by atoms with E-state index in [1.165, 1.54) is 0 Å². The molecule has 2 aromatic carbocycles. The zero-order valence-corrected chi connectivity index (χ0v) is 31.5. The van der Waals surface area contributed by atoms with Crippen molar-refractivity contribution in [1.82, 2.24) is 0 Å². The van der Waals surface area contributed by atoms with Gasteiger partial charge in [0.15, 0.2) is 0 Å². The molecule has 390 valence electrons. The molecule has 4 nitrogen and oxygen atoms in total. The molecular weight excluding hydrogens is 1050 g/mol. The molecule has 2 N–H and O–H groups in total. The molecule has 0 radical (unpaired) electrons. The van der Waals surface area contributed by atoms with Crippen LogP contribution in [-0.4, -0.2) is 108 Å². The highest BCUT2D eigenvalue weighted by Crippen LogP contribution is 2.65. The van der Waals surface area contributed by atoms with Crippen molar-refractivity contribution < 1.29 is 150 Å². The van der Waals surface area contributed by atoms with Crippen molar-refractivity contribution in [1.29, 1.82) is 0 Å². The molecule has 68 heavy (non-hydrogen) atoms. The van der Waals surface area contributed by atoms with Crippen LogP contribution in [0.3, 0.4) is 0 Å². The third-order valence-corrected chi connectivity index (χ3v) is 9.18. The number of carbonyl (C=O) groups excluding carboxylic acids is 2. The van der Waals surface area contributed by atoms with Gasteiger partial charge < -0.3 is 10.6 Å². The van der Waals surface area contributed by atoms with Gasteiger partial charge in [-0.1, -0.05) is 12.1 Å². The molecule has 0 unspecified atom stereocenters. The molecule has 0 saturated heterocycles. The second kappa shape index (κ2) is 16.9. The van der Waals surface area contributed by atoms with Crippen molar-refractivity contribution in [2.75, 3.05) is 10.6 Å². The zero-order valence-electron chi connectivity index (χ0n) is 31.5. The van der Waals surface area contributed by atoms with Crippen molar-refractivity contribution in [3.8, 4) is 11.1 Å². The molecule has 0 aromatic heterocycles. The second-order valence-electron chi connectivity index (χ2n) is 13.7. The molecule has 0 fully saturated rings. The van der Waals surface area contributed by atoms with E-state index in [9.17, 15) is 150 Å². The van der Waals surface area contributed by atoms with Gasteiger partial charge in [-0.25, -0.2) is 17.6 Å². The Bertz CT molecular complexity index is 2060. The average Bonchev–Trinajstić information content (AvgIpc) is 3.17. The molecule has 0 spiro atoms. The lowest BCUT2D eigenvalue weighted by Gasteiger charge is -2.42. The highest BCUT2D eigenvalue weighted by Gasteiger charge is 2.96. The van der Waals surface area contributed by atoms with Gasteiger partial charge >= 0.3 is 108 Å². The first kappa shape index (κ1) is 59.3. The van der Waals surface area contributed by atoms with Gasteiger partial charge in [0, 0.05) is 11.4 Å². The largest absolute Gasteiger partial charge is 0.393 e. The Hall–Kier alpha value is -4.86. The van der Waals surface area contributed by atoms with Crippen LogP contribution in [0.25, 0.3) is 11.1 Å². The van der Waals surface area contributed by atoms with Crippen LogP contribution in [0.5, 0.6) is 0 Å². The Labute approximate surface area is 353 Å². The zero-order chi connectivity index (χ0) is 54.4. The van der Waals surface area contributed by atoms with Crippen molar-refractivity contribution in [2.45, 2.75) is 110 Å². The molecule has 2 amide bonds. The first-order chi connectivity index (χ1) is 29.7. The predicted molar refractivity (Wildman–Crippen MR) is 160 cm³/mol. The molecule has 0 aliphatic carbocycles. The van der Waals surface area contributed by atoms with E-state index in [0.717, 1.165) is 0 Å². The van der Waals surface area contributed by atoms with E-state index in [2.05, 4.69) is 0 Å². The molecule has 0 bridgehead atoms. The van der Waals surface area contributed by atoms with Crippen LogP contribution in [0.15, 0.2) is 36.4 Å². The van der Waals surface area contributed by atoms with Crippen LogP contribution in [0.1, 0.15) is 11.1 Å². The number of anilines is 2. The third kappa shape index (κ3) is 8.11. The molecule has 36 heteroatoms. The van der Waals surface area contributed by atoms with Gasteiger partial charge in [-0.15, -0.1) is 0 Å². The summed E-state index contributed by atoms with van der Waals surface area (Å²) < 4.78 is 437. The Morgan fingerprint density at radius 2 is 0.559 bits per heavy atom. The van der Waals surface area contributed by atoms with E-state index < -0.39 is 141 Å². The minimum atomic E-state index is -8.84. The molecule has 0 aliphatic rings. The number of hydrogen-bond donors (Lipinski definition) is 2. The molecule has 0 atom stereocenters. The summed E-state index contributed by atoms with van der Waals surface area (Å²) in [5.41, 5.74) is -5.03. The van der Waals surface area contributed by atoms with E-state index in [-0.39, 0.29) is 12.1 Å². The number of aryl methyl sites for hydroxylation is 2. The van der Waals surface area contributed by atoms with E-state index in [0.29, 0.717) is 48.7 Å². The molecule has 0 aliphatic heterocycles. The number of nitrogens with one attached hydrogen (secondary N) is 2. The van der Waals surface area contributed by atoms with Gasteiger partial charge in [0.25, 0.3) is 0 Å². The van der Waals surface area contributed by atoms with E-state index in [1.807, 2.05) is 0 Å². The topological polar surface area (TPSA) is 58.2 Å². The third-order valence-electron chi connectivity index (χ3n) is 9.18. The maximum atomic E-state index is 14.4. The maximum Gasteiger partial charge on any atom is 0.393 e. The summed E-state index contributed by atoms with van der Waals surface area (Å²) in [7, 11) is 0. The highest BCUT2D eigenvalue weighted by atomic mass is 19.4. The summed E-state index contributed by atoms with van der Waals surface area (Å²) in [6.07, 6.45) is -12.2. The second-order valence-corrected chi connectivity index (χ2v) is 13.7. The van der Waals surface area contributed by atoms with Gasteiger partial charge in [-0.05, 0) is 60.4 Å². The van der Waals surface area contributed by atoms with Crippen LogP contribution in [0.4, 0.5) is 152 Å². The van der Waals surface area contributed by atoms with Gasteiger partial charge in [-0.3, -0.25) is 9.59 Å². The van der Waals surface area contributed by atoms with Gasteiger partial charge in [0.2, 0.25) is 0 Å². The minimum Gasteiger partial charge on any atom is -0.320 e. The van der Waals surface area contributed by atoms with Crippen LogP contribution < -0.4 is 10.6 Å². The number of carbonyl (C=O) groups is 2.